The van der Waals surface area contributed by atoms with Gasteiger partial charge >= 0.3 is 51.4 Å². The predicted octanol–water partition coefficient (Wildman–Crippen LogP) is 2.38. The normalized spacial score (nSPS) is 11.0. The molecule has 3 rings (SSSR count). The monoisotopic (exact) mass is 323 g/mol. The molecular weight excluding hydrogens is 308 g/mol. The summed E-state index contributed by atoms with van der Waals surface area (Å²) in [5.74, 6) is 0.512. The van der Waals surface area contributed by atoms with Crippen LogP contribution in [0.1, 0.15) is 11.3 Å². The molecule has 0 saturated heterocycles. The molecule has 3 aromatic rings. The fraction of sp³-hybridized carbons (Fsp3) is 0.125. The van der Waals surface area contributed by atoms with Crippen LogP contribution in [0.3, 0.4) is 0 Å². The summed E-state index contributed by atoms with van der Waals surface area (Å²) in [6, 6.07) is 6.59. The van der Waals surface area contributed by atoms with E-state index in [1.165, 1.54) is 18.2 Å². The number of carbonyl (C=O) groups excluding carboxylic acids is 1. The van der Waals surface area contributed by atoms with Gasteiger partial charge in [0.05, 0.1) is 11.2 Å². The van der Waals surface area contributed by atoms with Crippen LogP contribution in [0.2, 0.25) is 0 Å². The Labute approximate surface area is 170 Å². The Morgan fingerprint density at radius 2 is 2.05 bits per heavy atom. The van der Waals surface area contributed by atoms with E-state index in [9.17, 15) is 9.18 Å². The van der Waals surface area contributed by atoms with Crippen molar-refractivity contribution < 1.29 is 9.18 Å². The van der Waals surface area contributed by atoms with Crippen molar-refractivity contribution in [2.45, 2.75) is 6.92 Å². The SMILES string of the molecule is Cc1nn(C)c(-n2ccc3ccc(F)cc32)c1/C=C/C=O.[KH]. The molecule has 4 nitrogen and oxygen atoms in total. The number of carbonyl (C=O) groups is 1. The van der Waals surface area contributed by atoms with Crippen LogP contribution in [0.15, 0.2) is 36.5 Å². The van der Waals surface area contributed by atoms with Gasteiger partial charge in [0.2, 0.25) is 0 Å². The molecule has 1 aromatic carbocycles. The van der Waals surface area contributed by atoms with Gasteiger partial charge in [0.25, 0.3) is 0 Å². The average Bonchev–Trinajstić information content (AvgIpc) is 2.97. The van der Waals surface area contributed by atoms with Crippen LogP contribution in [-0.2, 0) is 11.8 Å². The maximum atomic E-state index is 13.5. The number of benzene rings is 1. The van der Waals surface area contributed by atoms with Gasteiger partial charge in [-0.05, 0) is 43.3 Å². The summed E-state index contributed by atoms with van der Waals surface area (Å²) in [6.07, 6.45) is 5.75. The van der Waals surface area contributed by atoms with Crippen LogP contribution in [-0.4, -0.2) is 72.0 Å². The molecule has 0 aliphatic heterocycles. The summed E-state index contributed by atoms with van der Waals surface area (Å²) < 4.78 is 17.1. The molecule has 0 saturated carbocycles. The fourth-order valence-electron chi connectivity index (χ4n) is 2.56. The third-order valence-electron chi connectivity index (χ3n) is 3.46. The van der Waals surface area contributed by atoms with Crippen LogP contribution in [0.5, 0.6) is 0 Å². The van der Waals surface area contributed by atoms with Crippen LogP contribution < -0.4 is 0 Å². The van der Waals surface area contributed by atoms with Crippen LogP contribution in [0, 0.1) is 12.7 Å². The number of aromatic nitrogens is 3. The number of aldehydes is 1. The number of allylic oxidation sites excluding steroid dienone is 1. The Hall–Kier alpha value is -1.05. The number of halogens is 1. The molecule has 6 heteroatoms. The molecule has 108 valence electrons. The van der Waals surface area contributed by atoms with Gasteiger partial charge in [-0.15, -0.1) is 0 Å². The zero-order valence-electron chi connectivity index (χ0n) is 11.7. The van der Waals surface area contributed by atoms with E-state index >= 15 is 0 Å². The van der Waals surface area contributed by atoms with Gasteiger partial charge in [-0.25, -0.2) is 4.39 Å². The van der Waals surface area contributed by atoms with Crippen LogP contribution >= 0.6 is 0 Å². The summed E-state index contributed by atoms with van der Waals surface area (Å²) in [5.41, 5.74) is 2.41. The summed E-state index contributed by atoms with van der Waals surface area (Å²) in [5, 5.41) is 5.33. The van der Waals surface area contributed by atoms with Crippen molar-refractivity contribution in [2.75, 3.05) is 0 Å². The Kier molecular flexibility index (Phi) is 5.52. The van der Waals surface area contributed by atoms with E-state index in [1.807, 2.05) is 30.8 Å². The molecule has 0 radical (unpaired) electrons. The van der Waals surface area contributed by atoms with Crippen molar-refractivity contribution in [2.24, 2.45) is 7.05 Å². The number of aryl methyl sites for hydroxylation is 2. The van der Waals surface area contributed by atoms with E-state index in [0.29, 0.717) is 0 Å². The fourth-order valence-corrected chi connectivity index (χ4v) is 2.56. The first-order chi connectivity index (χ1) is 10.1. The van der Waals surface area contributed by atoms with E-state index in [-0.39, 0.29) is 57.2 Å². The van der Waals surface area contributed by atoms with Gasteiger partial charge in [0.1, 0.15) is 17.9 Å². The molecule has 0 aliphatic carbocycles. The van der Waals surface area contributed by atoms with Crippen molar-refractivity contribution in [1.82, 2.24) is 14.3 Å². The van der Waals surface area contributed by atoms with E-state index in [1.54, 1.807) is 16.8 Å². The minimum absolute atomic E-state index is 0. The maximum absolute atomic E-state index is 13.5. The molecule has 0 amide bonds. The second-order valence-corrected chi connectivity index (χ2v) is 4.83. The van der Waals surface area contributed by atoms with E-state index in [2.05, 4.69) is 5.10 Å². The summed E-state index contributed by atoms with van der Waals surface area (Å²) >= 11 is 0. The Bertz CT molecular complexity index is 864. The Balaban J connectivity index is 0.00000176. The van der Waals surface area contributed by atoms with Crippen molar-refractivity contribution in [1.29, 1.82) is 0 Å². The van der Waals surface area contributed by atoms with Gasteiger partial charge in [-0.1, -0.05) is 0 Å². The molecule has 22 heavy (non-hydrogen) atoms. The number of rotatable bonds is 3. The first kappa shape index (κ1) is 17.3. The molecular formula is C16H15FKN3O. The first-order valence-electron chi connectivity index (χ1n) is 6.54. The Morgan fingerprint density at radius 3 is 2.77 bits per heavy atom. The zero-order valence-corrected chi connectivity index (χ0v) is 11.7. The number of nitrogens with zero attached hydrogens (tertiary/aromatic N) is 3. The van der Waals surface area contributed by atoms with E-state index in [0.717, 1.165) is 34.3 Å². The average molecular weight is 323 g/mol. The second-order valence-electron chi connectivity index (χ2n) is 4.83. The number of hydrogen-bond donors (Lipinski definition) is 0. The molecule has 0 N–H and O–H groups in total. The molecule has 0 unspecified atom stereocenters. The molecule has 0 bridgehead atoms. The first-order valence-corrected chi connectivity index (χ1v) is 6.54. The third-order valence-corrected chi connectivity index (χ3v) is 3.46. The predicted molar refractivity (Wildman–Crippen MR) is 87.0 cm³/mol. The van der Waals surface area contributed by atoms with Crippen molar-refractivity contribution in [3.05, 3.63) is 53.6 Å². The summed E-state index contributed by atoms with van der Waals surface area (Å²) in [4.78, 5) is 10.6. The second kappa shape index (κ2) is 7.02. The quantitative estimate of drug-likeness (QED) is 0.422. The van der Waals surface area contributed by atoms with Gasteiger partial charge in [-0.3, -0.25) is 9.48 Å². The van der Waals surface area contributed by atoms with Gasteiger partial charge in [0, 0.05) is 24.2 Å². The summed E-state index contributed by atoms with van der Waals surface area (Å²) in [6.45, 7) is 1.88. The van der Waals surface area contributed by atoms with Gasteiger partial charge < -0.3 is 4.57 Å². The molecule has 2 heterocycles. The van der Waals surface area contributed by atoms with E-state index in [4.69, 9.17) is 0 Å². The molecule has 0 atom stereocenters. The van der Waals surface area contributed by atoms with Gasteiger partial charge in [-0.2, -0.15) is 5.10 Å². The number of hydrogen-bond acceptors (Lipinski definition) is 2. The van der Waals surface area contributed by atoms with E-state index < -0.39 is 0 Å². The van der Waals surface area contributed by atoms with Gasteiger partial charge in [0.15, 0.2) is 0 Å². The Morgan fingerprint density at radius 1 is 1.27 bits per heavy atom. The number of fused-ring (bicyclic) bond motifs is 1. The molecule has 0 fully saturated rings. The minimum atomic E-state index is -0.286. The van der Waals surface area contributed by atoms with Crippen LogP contribution in [0.25, 0.3) is 22.8 Å². The molecule has 0 spiro atoms. The zero-order chi connectivity index (χ0) is 15.0. The molecule has 2 aromatic heterocycles. The van der Waals surface area contributed by atoms with Crippen LogP contribution in [0.4, 0.5) is 4.39 Å². The summed E-state index contributed by atoms with van der Waals surface area (Å²) in [7, 11) is 1.83. The van der Waals surface area contributed by atoms with Crippen molar-refractivity contribution in [3.8, 4) is 5.82 Å². The van der Waals surface area contributed by atoms with Crippen molar-refractivity contribution in [3.63, 3.8) is 0 Å². The molecule has 0 aliphatic rings. The standard InChI is InChI=1S/C16H14FN3O.K.H/c1-11-14(4-3-9-21)16(19(2)18-11)20-8-7-12-5-6-13(17)10-15(12)20;;/h3-10H,1-2H3;;/b4-3+;;. The third kappa shape index (κ3) is 3.02. The van der Waals surface area contributed by atoms with Crippen molar-refractivity contribution >= 4 is 74.6 Å². The topological polar surface area (TPSA) is 39.8 Å².